The number of benzene rings is 2. The number of hydrogen-bond donors (Lipinski definition) is 0. The molecule has 1 aliphatic rings. The lowest BCUT2D eigenvalue weighted by Crippen LogP contribution is -2.23. The Balaban J connectivity index is 1.83. The minimum Gasteiger partial charge on any atom is -0.392 e. The molecular weight excluding hydrogens is 461 g/mol. The third-order valence-corrected chi connectivity index (χ3v) is 5.62. The fourth-order valence-electron chi connectivity index (χ4n) is 3.37. The number of nitrogens with zero attached hydrogens (tertiary/aromatic N) is 2. The number of halogens is 4. The van der Waals surface area contributed by atoms with Crippen LogP contribution in [0.25, 0.3) is 5.69 Å². The molecule has 3 aromatic rings. The maximum atomic E-state index is 14.7. The molecule has 0 bridgehead atoms. The van der Waals surface area contributed by atoms with Crippen LogP contribution in [-0.2, 0) is 9.57 Å². The van der Waals surface area contributed by atoms with Crippen LogP contribution < -0.4 is 5.56 Å². The minimum atomic E-state index is -0.812. The zero-order valence-electron chi connectivity index (χ0n) is 16.7. The van der Waals surface area contributed by atoms with Gasteiger partial charge in [0.15, 0.2) is 0 Å². The Morgan fingerprint density at radius 1 is 1.06 bits per heavy atom. The molecule has 9 heteroatoms. The summed E-state index contributed by atoms with van der Waals surface area (Å²) >= 11 is 12.6. The summed E-state index contributed by atoms with van der Waals surface area (Å²) in [6.07, 6.45) is 2.52. The first-order chi connectivity index (χ1) is 15.4. The highest BCUT2D eigenvalue weighted by molar-refractivity contribution is 6.37. The first-order valence-electron chi connectivity index (χ1n) is 9.88. The molecular formula is C23H18Cl2F2N2O3. The van der Waals surface area contributed by atoms with E-state index in [1.54, 1.807) is 18.2 Å². The van der Waals surface area contributed by atoms with Gasteiger partial charge in [0.25, 0.3) is 5.56 Å². The summed E-state index contributed by atoms with van der Waals surface area (Å²) in [6, 6.07) is 10.8. The molecule has 0 N–H and O–H groups in total. The van der Waals surface area contributed by atoms with E-state index in [1.165, 1.54) is 29.0 Å². The van der Waals surface area contributed by atoms with Crippen molar-refractivity contribution in [2.75, 3.05) is 13.2 Å². The van der Waals surface area contributed by atoms with Crippen molar-refractivity contribution in [1.29, 1.82) is 0 Å². The van der Waals surface area contributed by atoms with Crippen LogP contribution >= 0.6 is 23.2 Å². The van der Waals surface area contributed by atoms with Gasteiger partial charge in [-0.05, 0) is 30.3 Å². The van der Waals surface area contributed by atoms with Crippen molar-refractivity contribution in [3.05, 3.63) is 97.9 Å². The summed E-state index contributed by atoms with van der Waals surface area (Å²) < 4.78 is 34.8. The maximum absolute atomic E-state index is 14.7. The predicted molar refractivity (Wildman–Crippen MR) is 119 cm³/mol. The zero-order valence-corrected chi connectivity index (χ0v) is 18.2. The average Bonchev–Trinajstić information content (AvgIpc) is 2.77. The second-order valence-corrected chi connectivity index (χ2v) is 7.99. The van der Waals surface area contributed by atoms with Crippen molar-refractivity contribution < 1.29 is 18.4 Å². The quantitative estimate of drug-likeness (QED) is 0.365. The molecule has 0 aliphatic carbocycles. The monoisotopic (exact) mass is 478 g/mol. The zero-order chi connectivity index (χ0) is 22.7. The van der Waals surface area contributed by atoms with E-state index in [-0.39, 0.29) is 33.1 Å². The third kappa shape index (κ3) is 4.85. The third-order valence-electron chi connectivity index (χ3n) is 5.01. The van der Waals surface area contributed by atoms with E-state index in [0.29, 0.717) is 31.6 Å². The maximum Gasteiger partial charge on any atom is 0.255 e. The van der Waals surface area contributed by atoms with Gasteiger partial charge in [0, 0.05) is 42.3 Å². The molecule has 32 heavy (non-hydrogen) atoms. The van der Waals surface area contributed by atoms with E-state index < -0.39 is 17.2 Å². The number of ether oxygens (including phenoxy) is 1. The van der Waals surface area contributed by atoms with Gasteiger partial charge < -0.3 is 9.57 Å². The van der Waals surface area contributed by atoms with Gasteiger partial charge in [0.2, 0.25) is 0 Å². The van der Waals surface area contributed by atoms with E-state index in [0.717, 1.165) is 12.1 Å². The normalized spacial score (nSPS) is 15.1. The number of hydrogen-bond acceptors (Lipinski definition) is 4. The van der Waals surface area contributed by atoms with E-state index >= 15 is 0 Å². The molecule has 1 fully saturated rings. The molecule has 166 valence electrons. The number of pyridine rings is 1. The highest BCUT2D eigenvalue weighted by Gasteiger charge is 2.20. The molecule has 0 atom stereocenters. The van der Waals surface area contributed by atoms with Crippen molar-refractivity contribution in [3.63, 3.8) is 0 Å². The molecule has 1 aliphatic heterocycles. The Labute approximate surface area is 192 Å². The highest BCUT2D eigenvalue weighted by Crippen LogP contribution is 2.28. The molecule has 0 radical (unpaired) electrons. The summed E-state index contributed by atoms with van der Waals surface area (Å²) in [6.45, 7) is 1.08. The first kappa shape index (κ1) is 22.5. The van der Waals surface area contributed by atoms with Crippen LogP contribution in [-0.4, -0.2) is 29.6 Å². The summed E-state index contributed by atoms with van der Waals surface area (Å²) in [5, 5.41) is 4.74. The fourth-order valence-corrected chi connectivity index (χ4v) is 3.95. The molecule has 1 aromatic heterocycles. The molecule has 2 aromatic carbocycles. The van der Waals surface area contributed by atoms with E-state index in [2.05, 4.69) is 5.16 Å². The lowest BCUT2D eigenvalue weighted by molar-refractivity contribution is -0.0298. The van der Waals surface area contributed by atoms with Crippen LogP contribution in [0.5, 0.6) is 0 Å². The molecule has 0 saturated carbocycles. The lowest BCUT2D eigenvalue weighted by atomic mass is 10.0. The van der Waals surface area contributed by atoms with Crippen molar-refractivity contribution in [3.8, 4) is 5.69 Å². The molecule has 2 heterocycles. The summed E-state index contributed by atoms with van der Waals surface area (Å²) in [7, 11) is 0. The largest absolute Gasteiger partial charge is 0.392 e. The van der Waals surface area contributed by atoms with Gasteiger partial charge in [-0.3, -0.25) is 9.36 Å². The minimum absolute atomic E-state index is 0.0221. The van der Waals surface area contributed by atoms with Crippen LogP contribution in [0.4, 0.5) is 8.78 Å². The average molecular weight is 479 g/mol. The molecule has 1 saturated heterocycles. The SMILES string of the molecule is O=c1ccc(/C(=N/OC2CCOCC2)c2ccc(F)cc2F)cn1-c1c(Cl)cccc1Cl. The first-order valence-corrected chi connectivity index (χ1v) is 10.6. The Morgan fingerprint density at radius 3 is 2.47 bits per heavy atom. The number of para-hydroxylation sites is 1. The van der Waals surface area contributed by atoms with Gasteiger partial charge in [-0.2, -0.15) is 0 Å². The Morgan fingerprint density at radius 2 is 1.78 bits per heavy atom. The van der Waals surface area contributed by atoms with Crippen LogP contribution in [0.2, 0.25) is 10.0 Å². The van der Waals surface area contributed by atoms with Gasteiger partial charge in [0.1, 0.15) is 23.5 Å². The summed E-state index contributed by atoms with van der Waals surface area (Å²) in [4.78, 5) is 18.3. The smallest absolute Gasteiger partial charge is 0.255 e. The number of aromatic nitrogens is 1. The van der Waals surface area contributed by atoms with Gasteiger partial charge in [0.05, 0.1) is 28.9 Å². The van der Waals surface area contributed by atoms with Gasteiger partial charge in [-0.25, -0.2) is 8.78 Å². The van der Waals surface area contributed by atoms with Crippen LogP contribution in [0.3, 0.4) is 0 Å². The Bertz CT molecular complexity index is 1200. The molecule has 0 unspecified atom stereocenters. The second-order valence-electron chi connectivity index (χ2n) is 7.18. The predicted octanol–water partition coefficient (Wildman–Crippen LogP) is 5.37. The van der Waals surface area contributed by atoms with Crippen molar-refractivity contribution in [2.24, 2.45) is 5.16 Å². The van der Waals surface area contributed by atoms with Crippen LogP contribution in [0, 0.1) is 11.6 Å². The number of oxime groups is 1. The van der Waals surface area contributed by atoms with Crippen molar-refractivity contribution in [1.82, 2.24) is 4.57 Å². The summed E-state index contributed by atoms with van der Waals surface area (Å²) in [5.74, 6) is -1.53. The summed E-state index contributed by atoms with van der Waals surface area (Å²) in [5.41, 5.74) is 0.373. The van der Waals surface area contributed by atoms with Crippen LogP contribution in [0.15, 0.2) is 64.7 Å². The highest BCUT2D eigenvalue weighted by atomic mass is 35.5. The van der Waals surface area contributed by atoms with Crippen molar-refractivity contribution >= 4 is 28.9 Å². The Kier molecular flexibility index (Phi) is 6.89. The molecule has 0 amide bonds. The fraction of sp³-hybridized carbons (Fsp3) is 0.217. The topological polar surface area (TPSA) is 52.8 Å². The van der Waals surface area contributed by atoms with Crippen LogP contribution in [0.1, 0.15) is 24.0 Å². The standard InChI is InChI=1S/C23H18Cl2F2N2O3/c24-18-2-1-3-19(25)23(18)29-13-14(4-7-21(29)30)22(17-6-5-15(26)12-20(17)27)28-32-16-8-10-31-11-9-16/h1-7,12-13,16H,8-11H2/b28-22-. The van der Waals surface area contributed by atoms with Gasteiger partial charge in [-0.1, -0.05) is 34.4 Å². The van der Waals surface area contributed by atoms with E-state index in [4.69, 9.17) is 32.8 Å². The van der Waals surface area contributed by atoms with Gasteiger partial charge >= 0.3 is 0 Å². The molecule has 4 rings (SSSR count). The molecule has 5 nitrogen and oxygen atoms in total. The Hall–Kier alpha value is -2.74. The second kappa shape index (κ2) is 9.81. The van der Waals surface area contributed by atoms with E-state index in [9.17, 15) is 13.6 Å². The van der Waals surface area contributed by atoms with Crippen molar-refractivity contribution in [2.45, 2.75) is 18.9 Å². The van der Waals surface area contributed by atoms with Gasteiger partial charge in [-0.15, -0.1) is 0 Å². The lowest BCUT2D eigenvalue weighted by Gasteiger charge is -2.21. The number of rotatable bonds is 5. The molecule has 0 spiro atoms. The van der Waals surface area contributed by atoms with E-state index in [1.807, 2.05) is 0 Å².